The van der Waals surface area contributed by atoms with Crippen molar-refractivity contribution in [3.8, 4) is 11.5 Å². The van der Waals surface area contributed by atoms with Gasteiger partial charge in [-0.2, -0.15) is 0 Å². The van der Waals surface area contributed by atoms with Crippen LogP contribution in [0, 0.1) is 0 Å². The molecule has 168 valence electrons. The fraction of sp³-hybridized carbons (Fsp3) is 0.435. The van der Waals surface area contributed by atoms with Gasteiger partial charge in [0.05, 0.1) is 25.2 Å². The fourth-order valence-corrected chi connectivity index (χ4v) is 4.86. The first-order valence-corrected chi connectivity index (χ1v) is 11.8. The molecule has 1 N–H and O–H groups in total. The van der Waals surface area contributed by atoms with E-state index in [4.69, 9.17) is 9.47 Å². The van der Waals surface area contributed by atoms with E-state index in [2.05, 4.69) is 5.32 Å². The van der Waals surface area contributed by atoms with E-state index >= 15 is 0 Å². The summed E-state index contributed by atoms with van der Waals surface area (Å²) in [4.78, 5) is 12.9. The molecule has 0 heterocycles. The van der Waals surface area contributed by atoms with Crippen molar-refractivity contribution in [2.75, 3.05) is 28.3 Å². The van der Waals surface area contributed by atoms with Crippen molar-refractivity contribution in [3.05, 3.63) is 53.1 Å². The van der Waals surface area contributed by atoms with Gasteiger partial charge in [0, 0.05) is 20.5 Å². The molecule has 1 aliphatic rings. The third-order valence-electron chi connectivity index (χ3n) is 5.65. The molecular weight excluding hydrogens is 416 g/mol. The minimum absolute atomic E-state index is 0.0236. The van der Waals surface area contributed by atoms with E-state index in [1.807, 2.05) is 18.2 Å². The molecule has 0 saturated carbocycles. The van der Waals surface area contributed by atoms with Crippen molar-refractivity contribution < 1.29 is 22.7 Å². The second-order valence-corrected chi connectivity index (χ2v) is 9.99. The summed E-state index contributed by atoms with van der Waals surface area (Å²) in [6.45, 7) is 0. The van der Waals surface area contributed by atoms with Gasteiger partial charge in [-0.3, -0.25) is 4.79 Å². The number of amides is 1. The van der Waals surface area contributed by atoms with Crippen molar-refractivity contribution in [2.24, 2.45) is 0 Å². The quantitative estimate of drug-likeness (QED) is 0.674. The number of ether oxygens (including phenoxy) is 2. The Kier molecular flexibility index (Phi) is 7.23. The summed E-state index contributed by atoms with van der Waals surface area (Å²) < 4.78 is 36.7. The van der Waals surface area contributed by atoms with Crippen molar-refractivity contribution in [1.82, 2.24) is 9.62 Å². The van der Waals surface area contributed by atoms with Crippen molar-refractivity contribution >= 4 is 15.9 Å². The molecule has 1 aliphatic carbocycles. The molecule has 1 atom stereocenters. The number of methoxy groups -OCH3 is 2. The summed E-state index contributed by atoms with van der Waals surface area (Å²) in [6, 6.07) is 10.7. The Morgan fingerprint density at radius 2 is 1.90 bits per heavy atom. The first-order chi connectivity index (χ1) is 14.8. The monoisotopic (exact) mass is 446 g/mol. The predicted molar refractivity (Wildman–Crippen MR) is 119 cm³/mol. The van der Waals surface area contributed by atoms with Gasteiger partial charge in [0.25, 0.3) is 0 Å². The maximum absolute atomic E-state index is 12.7. The highest BCUT2D eigenvalue weighted by molar-refractivity contribution is 7.89. The van der Waals surface area contributed by atoms with E-state index in [-0.39, 0.29) is 23.3 Å². The maximum atomic E-state index is 12.7. The van der Waals surface area contributed by atoms with Gasteiger partial charge in [-0.15, -0.1) is 0 Å². The van der Waals surface area contributed by atoms with Crippen molar-refractivity contribution in [1.29, 1.82) is 0 Å². The molecule has 0 spiro atoms. The van der Waals surface area contributed by atoms with Crippen LogP contribution in [0.15, 0.2) is 41.3 Å². The number of hydrogen-bond acceptors (Lipinski definition) is 5. The van der Waals surface area contributed by atoms with Crippen LogP contribution in [0.1, 0.15) is 42.0 Å². The third-order valence-corrected chi connectivity index (χ3v) is 7.46. The van der Waals surface area contributed by atoms with E-state index in [0.29, 0.717) is 17.7 Å². The smallest absolute Gasteiger partial charge is 0.242 e. The summed E-state index contributed by atoms with van der Waals surface area (Å²) in [5.41, 5.74) is 3.03. The molecule has 1 amide bonds. The second kappa shape index (κ2) is 9.70. The largest absolute Gasteiger partial charge is 0.497 e. The van der Waals surface area contributed by atoms with Crippen LogP contribution >= 0.6 is 0 Å². The highest BCUT2D eigenvalue weighted by Gasteiger charge is 2.23. The topological polar surface area (TPSA) is 84.9 Å². The van der Waals surface area contributed by atoms with Gasteiger partial charge in [-0.25, -0.2) is 12.7 Å². The maximum Gasteiger partial charge on any atom is 0.242 e. The van der Waals surface area contributed by atoms with Crippen LogP contribution in [-0.2, 0) is 27.7 Å². The van der Waals surface area contributed by atoms with Gasteiger partial charge in [-0.1, -0.05) is 6.07 Å². The average Bonchev–Trinajstić information content (AvgIpc) is 2.77. The molecule has 0 fully saturated rings. The number of carbonyl (C=O) groups is 1. The van der Waals surface area contributed by atoms with E-state index in [0.717, 1.165) is 30.6 Å². The molecule has 0 aromatic heterocycles. The van der Waals surface area contributed by atoms with Gasteiger partial charge in [-0.05, 0) is 72.7 Å². The molecule has 2 aromatic carbocycles. The molecule has 0 bridgehead atoms. The molecule has 3 rings (SSSR count). The zero-order valence-corrected chi connectivity index (χ0v) is 19.3. The first kappa shape index (κ1) is 23.1. The minimum atomic E-state index is -3.56. The van der Waals surface area contributed by atoms with E-state index in [9.17, 15) is 13.2 Å². The number of nitrogens with one attached hydrogen (secondary N) is 1. The number of fused-ring (bicyclic) bond motifs is 1. The Bertz CT molecular complexity index is 1050. The van der Waals surface area contributed by atoms with Crippen LogP contribution in [-0.4, -0.2) is 46.9 Å². The molecule has 2 aromatic rings. The van der Waals surface area contributed by atoms with Crippen LogP contribution in [0.2, 0.25) is 0 Å². The highest BCUT2D eigenvalue weighted by Crippen LogP contribution is 2.32. The van der Waals surface area contributed by atoms with E-state index < -0.39 is 10.0 Å². The van der Waals surface area contributed by atoms with Crippen LogP contribution < -0.4 is 14.8 Å². The normalized spacial score (nSPS) is 16.0. The van der Waals surface area contributed by atoms with Gasteiger partial charge >= 0.3 is 0 Å². The molecule has 0 aliphatic heterocycles. The summed E-state index contributed by atoms with van der Waals surface area (Å²) in [5.74, 6) is 1.32. The molecule has 1 unspecified atom stereocenters. The molecule has 7 nitrogen and oxygen atoms in total. The van der Waals surface area contributed by atoms with Gasteiger partial charge in [0.1, 0.15) is 11.5 Å². The first-order valence-electron chi connectivity index (χ1n) is 10.3. The Morgan fingerprint density at radius 1 is 1.13 bits per heavy atom. The number of carbonyl (C=O) groups excluding carboxylic acids is 1. The lowest BCUT2D eigenvalue weighted by Crippen LogP contribution is -2.31. The highest BCUT2D eigenvalue weighted by atomic mass is 32.2. The lowest BCUT2D eigenvalue weighted by Gasteiger charge is -2.27. The number of benzene rings is 2. The number of aryl methyl sites for hydroxylation is 2. The number of rotatable bonds is 8. The fourth-order valence-electron chi connectivity index (χ4n) is 3.90. The van der Waals surface area contributed by atoms with E-state index in [1.165, 1.54) is 37.1 Å². The van der Waals surface area contributed by atoms with Crippen molar-refractivity contribution in [2.45, 2.75) is 43.0 Å². The second-order valence-electron chi connectivity index (χ2n) is 7.84. The molecular formula is C23H30N2O5S. The van der Waals surface area contributed by atoms with Crippen LogP contribution in [0.25, 0.3) is 0 Å². The molecule has 0 radical (unpaired) electrons. The van der Waals surface area contributed by atoms with Crippen LogP contribution in [0.3, 0.4) is 0 Å². The van der Waals surface area contributed by atoms with Crippen LogP contribution in [0.4, 0.5) is 0 Å². The zero-order valence-electron chi connectivity index (χ0n) is 18.5. The van der Waals surface area contributed by atoms with E-state index in [1.54, 1.807) is 19.2 Å². The lowest BCUT2D eigenvalue weighted by atomic mass is 9.87. The average molecular weight is 447 g/mol. The van der Waals surface area contributed by atoms with Crippen LogP contribution in [0.5, 0.6) is 11.5 Å². The van der Waals surface area contributed by atoms with Gasteiger partial charge in [0.2, 0.25) is 15.9 Å². The summed E-state index contributed by atoms with van der Waals surface area (Å²) >= 11 is 0. The Labute approximate surface area is 184 Å². The summed E-state index contributed by atoms with van der Waals surface area (Å²) in [6.07, 6.45) is 3.50. The number of sulfonamides is 1. The number of nitrogens with zero attached hydrogens (tertiary/aromatic N) is 1. The third kappa shape index (κ3) is 5.19. The molecule has 0 saturated heterocycles. The Balaban J connectivity index is 1.71. The minimum Gasteiger partial charge on any atom is -0.497 e. The zero-order chi connectivity index (χ0) is 22.6. The summed E-state index contributed by atoms with van der Waals surface area (Å²) in [7, 11) is 2.61. The Morgan fingerprint density at radius 3 is 2.58 bits per heavy atom. The SMILES string of the molecule is COc1ccc2c(c1)CCCC2NC(=O)CCc1cc(S(=O)(=O)N(C)C)ccc1OC. The standard InChI is InChI=1S/C23H30N2O5S/c1-25(2)31(27,28)19-10-12-22(30-4)17(15-19)8-13-23(26)24-21-7-5-6-16-14-18(29-3)9-11-20(16)21/h9-12,14-15,21H,5-8,13H2,1-4H3,(H,24,26). The Hall–Kier alpha value is -2.58. The summed E-state index contributed by atoms with van der Waals surface area (Å²) in [5, 5.41) is 3.14. The molecule has 8 heteroatoms. The molecule has 31 heavy (non-hydrogen) atoms. The van der Waals surface area contributed by atoms with Gasteiger partial charge < -0.3 is 14.8 Å². The predicted octanol–water partition coefficient (Wildman–Crippen LogP) is 3.08. The number of hydrogen-bond donors (Lipinski definition) is 1. The lowest BCUT2D eigenvalue weighted by molar-refractivity contribution is -0.121. The van der Waals surface area contributed by atoms with Crippen molar-refractivity contribution in [3.63, 3.8) is 0 Å². The van der Waals surface area contributed by atoms with Gasteiger partial charge in [0.15, 0.2) is 0 Å².